The zero-order chi connectivity index (χ0) is 10.1. The summed E-state index contributed by atoms with van der Waals surface area (Å²) in [6.07, 6.45) is 3.18. The summed E-state index contributed by atoms with van der Waals surface area (Å²) in [6.45, 7) is 1.89. The van der Waals surface area contributed by atoms with Gasteiger partial charge in [-0.2, -0.15) is 5.10 Å². The van der Waals surface area contributed by atoms with Gasteiger partial charge in [0.1, 0.15) is 0 Å². The normalized spacial score (nSPS) is 10.4. The molecule has 2 aromatic rings. The van der Waals surface area contributed by atoms with Crippen molar-refractivity contribution in [1.29, 1.82) is 0 Å². The summed E-state index contributed by atoms with van der Waals surface area (Å²) in [7, 11) is 0. The molecule has 0 amide bonds. The second-order valence-electron chi connectivity index (χ2n) is 2.93. The first kappa shape index (κ1) is 9.02. The third-order valence-electron chi connectivity index (χ3n) is 1.98. The molecule has 0 fully saturated rings. The Morgan fingerprint density at radius 2 is 2.14 bits per heavy atom. The highest BCUT2D eigenvalue weighted by Crippen LogP contribution is 2.14. The van der Waals surface area contributed by atoms with Crippen LogP contribution in [0.2, 0.25) is 5.02 Å². The molecule has 0 spiro atoms. The lowest BCUT2D eigenvalue weighted by molar-refractivity contribution is 0.818. The van der Waals surface area contributed by atoms with E-state index in [-0.39, 0.29) is 0 Å². The van der Waals surface area contributed by atoms with Crippen LogP contribution in [0.25, 0.3) is 5.82 Å². The standard InChI is InChI=1S/C9H9ClN4/c1-6-8(11)5-13-14(6)9-3-2-7(10)4-12-9/h2-5H,11H2,1H3. The molecule has 2 aromatic heterocycles. The van der Waals surface area contributed by atoms with Crippen LogP contribution in [0.1, 0.15) is 5.69 Å². The van der Waals surface area contributed by atoms with E-state index in [1.54, 1.807) is 29.2 Å². The molecule has 4 nitrogen and oxygen atoms in total. The molecule has 72 valence electrons. The van der Waals surface area contributed by atoms with Gasteiger partial charge in [0.05, 0.1) is 22.6 Å². The van der Waals surface area contributed by atoms with Gasteiger partial charge in [0.25, 0.3) is 0 Å². The lowest BCUT2D eigenvalue weighted by atomic mass is 10.4. The Kier molecular flexibility index (Phi) is 2.13. The summed E-state index contributed by atoms with van der Waals surface area (Å²) in [5.41, 5.74) is 7.20. The molecule has 0 radical (unpaired) electrons. The Hall–Kier alpha value is -1.55. The molecular weight excluding hydrogens is 200 g/mol. The first-order chi connectivity index (χ1) is 6.68. The van der Waals surface area contributed by atoms with Crippen LogP contribution in [0.4, 0.5) is 5.69 Å². The lowest BCUT2D eigenvalue weighted by Crippen LogP contribution is -2.01. The number of nitrogens with two attached hydrogens (primary N) is 1. The molecule has 0 bridgehead atoms. The number of aromatic nitrogens is 3. The quantitative estimate of drug-likeness (QED) is 0.778. The van der Waals surface area contributed by atoms with Crippen LogP contribution in [0, 0.1) is 6.92 Å². The minimum atomic E-state index is 0.603. The number of hydrogen-bond acceptors (Lipinski definition) is 3. The van der Waals surface area contributed by atoms with E-state index in [1.807, 2.05) is 6.92 Å². The monoisotopic (exact) mass is 208 g/mol. The summed E-state index contributed by atoms with van der Waals surface area (Å²) < 4.78 is 1.67. The average molecular weight is 209 g/mol. The Bertz CT molecular complexity index is 446. The highest BCUT2D eigenvalue weighted by atomic mass is 35.5. The van der Waals surface area contributed by atoms with E-state index >= 15 is 0 Å². The number of rotatable bonds is 1. The van der Waals surface area contributed by atoms with Crippen LogP contribution in [0.5, 0.6) is 0 Å². The largest absolute Gasteiger partial charge is 0.396 e. The minimum Gasteiger partial charge on any atom is -0.396 e. The van der Waals surface area contributed by atoms with Gasteiger partial charge in [-0.05, 0) is 19.1 Å². The number of pyridine rings is 1. The van der Waals surface area contributed by atoms with Crippen molar-refractivity contribution in [2.45, 2.75) is 6.92 Å². The molecule has 5 heteroatoms. The van der Waals surface area contributed by atoms with Crippen molar-refractivity contribution in [2.75, 3.05) is 5.73 Å². The maximum absolute atomic E-state index is 5.73. The Morgan fingerprint density at radius 3 is 2.64 bits per heavy atom. The fourth-order valence-corrected chi connectivity index (χ4v) is 1.26. The number of hydrogen-bond donors (Lipinski definition) is 1. The first-order valence-electron chi connectivity index (χ1n) is 4.10. The molecule has 2 N–H and O–H groups in total. The second kappa shape index (κ2) is 3.31. The Labute approximate surface area is 86.3 Å². The molecule has 0 atom stereocenters. The number of nitrogens with zero attached hydrogens (tertiary/aromatic N) is 3. The summed E-state index contributed by atoms with van der Waals surface area (Å²) >= 11 is 5.73. The molecule has 14 heavy (non-hydrogen) atoms. The molecule has 0 aliphatic carbocycles. The first-order valence-corrected chi connectivity index (χ1v) is 4.48. The van der Waals surface area contributed by atoms with Crippen molar-refractivity contribution < 1.29 is 0 Å². The van der Waals surface area contributed by atoms with Crippen LogP contribution < -0.4 is 5.73 Å². The van der Waals surface area contributed by atoms with Crippen LogP contribution in [0.3, 0.4) is 0 Å². The van der Waals surface area contributed by atoms with Gasteiger partial charge < -0.3 is 5.73 Å². The molecule has 0 aliphatic heterocycles. The zero-order valence-corrected chi connectivity index (χ0v) is 8.36. The summed E-state index contributed by atoms with van der Waals surface area (Å²) in [6, 6.07) is 3.56. The Balaban J connectivity index is 2.49. The van der Waals surface area contributed by atoms with E-state index < -0.39 is 0 Å². The van der Waals surface area contributed by atoms with E-state index in [1.165, 1.54) is 0 Å². The van der Waals surface area contributed by atoms with Gasteiger partial charge in [0, 0.05) is 6.20 Å². The van der Waals surface area contributed by atoms with Gasteiger partial charge in [0.2, 0.25) is 0 Å². The highest BCUT2D eigenvalue weighted by Gasteiger charge is 2.05. The molecule has 2 heterocycles. The second-order valence-corrected chi connectivity index (χ2v) is 3.37. The van der Waals surface area contributed by atoms with Crippen LogP contribution in [-0.4, -0.2) is 14.8 Å². The lowest BCUT2D eigenvalue weighted by Gasteiger charge is -2.02. The predicted octanol–water partition coefficient (Wildman–Crippen LogP) is 1.81. The van der Waals surface area contributed by atoms with E-state index in [4.69, 9.17) is 17.3 Å². The maximum atomic E-state index is 5.73. The smallest absolute Gasteiger partial charge is 0.153 e. The van der Waals surface area contributed by atoms with Gasteiger partial charge in [-0.1, -0.05) is 11.6 Å². The van der Waals surface area contributed by atoms with E-state index in [9.17, 15) is 0 Å². The third kappa shape index (κ3) is 1.44. The summed E-state index contributed by atoms with van der Waals surface area (Å²) in [4.78, 5) is 4.14. The van der Waals surface area contributed by atoms with Gasteiger partial charge >= 0.3 is 0 Å². The topological polar surface area (TPSA) is 56.7 Å². The van der Waals surface area contributed by atoms with E-state index in [0.29, 0.717) is 16.5 Å². The van der Waals surface area contributed by atoms with Crippen molar-refractivity contribution in [3.8, 4) is 5.82 Å². The molecule has 2 rings (SSSR count). The van der Waals surface area contributed by atoms with Crippen molar-refractivity contribution in [1.82, 2.24) is 14.8 Å². The van der Waals surface area contributed by atoms with Crippen LogP contribution in [-0.2, 0) is 0 Å². The van der Waals surface area contributed by atoms with Gasteiger partial charge in [-0.25, -0.2) is 9.67 Å². The van der Waals surface area contributed by atoms with Gasteiger partial charge in [-0.15, -0.1) is 0 Å². The number of halogens is 1. The predicted molar refractivity (Wildman–Crippen MR) is 55.5 cm³/mol. The van der Waals surface area contributed by atoms with Crippen LogP contribution in [0.15, 0.2) is 24.5 Å². The van der Waals surface area contributed by atoms with Gasteiger partial charge in [0.15, 0.2) is 5.82 Å². The SMILES string of the molecule is Cc1c(N)cnn1-c1ccc(Cl)cn1. The fraction of sp³-hybridized carbons (Fsp3) is 0.111. The average Bonchev–Trinajstić information content (AvgIpc) is 2.50. The third-order valence-corrected chi connectivity index (χ3v) is 2.20. The Morgan fingerprint density at radius 1 is 1.36 bits per heavy atom. The highest BCUT2D eigenvalue weighted by molar-refractivity contribution is 6.30. The van der Waals surface area contributed by atoms with Crippen LogP contribution >= 0.6 is 11.6 Å². The van der Waals surface area contributed by atoms with Crippen molar-refractivity contribution >= 4 is 17.3 Å². The molecule has 0 aliphatic rings. The summed E-state index contributed by atoms with van der Waals surface area (Å²) in [5.74, 6) is 0.712. The zero-order valence-electron chi connectivity index (χ0n) is 7.61. The molecule has 0 saturated heterocycles. The minimum absolute atomic E-state index is 0.603. The number of anilines is 1. The molecule has 0 aromatic carbocycles. The molecule has 0 saturated carbocycles. The van der Waals surface area contributed by atoms with Crippen molar-refractivity contribution in [3.63, 3.8) is 0 Å². The van der Waals surface area contributed by atoms with Crippen molar-refractivity contribution in [3.05, 3.63) is 35.2 Å². The van der Waals surface area contributed by atoms with E-state index in [0.717, 1.165) is 5.69 Å². The maximum Gasteiger partial charge on any atom is 0.153 e. The molecular formula is C9H9ClN4. The van der Waals surface area contributed by atoms with Crippen molar-refractivity contribution in [2.24, 2.45) is 0 Å². The fourth-order valence-electron chi connectivity index (χ4n) is 1.15. The molecule has 0 unspecified atom stereocenters. The van der Waals surface area contributed by atoms with Gasteiger partial charge in [-0.3, -0.25) is 0 Å². The number of nitrogen functional groups attached to an aromatic ring is 1. The van der Waals surface area contributed by atoms with E-state index in [2.05, 4.69) is 10.1 Å². The summed E-state index contributed by atoms with van der Waals surface area (Å²) in [5, 5.41) is 4.70.